The van der Waals surface area contributed by atoms with E-state index in [0.29, 0.717) is 31.3 Å². The Balaban J connectivity index is 1.73. The average Bonchev–Trinajstić information content (AvgIpc) is 3.41. The van der Waals surface area contributed by atoms with Crippen molar-refractivity contribution in [2.45, 2.75) is 39.7 Å². The van der Waals surface area contributed by atoms with Crippen LogP contribution in [0.25, 0.3) is 5.69 Å². The monoisotopic (exact) mass is 375 g/mol. The third-order valence-corrected chi connectivity index (χ3v) is 5.04. The number of benzene rings is 1. The van der Waals surface area contributed by atoms with E-state index in [1.165, 1.54) is 12.8 Å². The number of aromatic nitrogens is 2. The average molecular weight is 376 g/mol. The second kappa shape index (κ2) is 8.69. The standard InChI is InChI=1S/C20H26ClN3O2/c1-3-26-19(25)11-12-23(13-16-9-10-16)14-18-15(2)22-24(20(18)21)17-7-5-4-6-8-17/h4-8,16H,3,9-14H2,1-2H3. The molecule has 6 heteroatoms. The smallest absolute Gasteiger partial charge is 0.307 e. The van der Waals surface area contributed by atoms with Crippen molar-refractivity contribution in [2.75, 3.05) is 19.7 Å². The highest BCUT2D eigenvalue weighted by Gasteiger charge is 2.26. The molecule has 1 saturated carbocycles. The van der Waals surface area contributed by atoms with Gasteiger partial charge in [0.1, 0.15) is 5.15 Å². The first-order chi connectivity index (χ1) is 12.6. The molecule has 1 heterocycles. The topological polar surface area (TPSA) is 47.4 Å². The van der Waals surface area contributed by atoms with Crippen LogP contribution in [0.5, 0.6) is 0 Å². The molecule has 5 nitrogen and oxygen atoms in total. The minimum absolute atomic E-state index is 0.143. The minimum atomic E-state index is -0.143. The Hall–Kier alpha value is -1.85. The van der Waals surface area contributed by atoms with E-state index in [4.69, 9.17) is 16.3 Å². The van der Waals surface area contributed by atoms with Gasteiger partial charge in [-0.1, -0.05) is 29.8 Å². The number of aryl methyl sites for hydroxylation is 1. The van der Waals surface area contributed by atoms with E-state index in [2.05, 4.69) is 10.00 Å². The molecule has 0 N–H and O–H groups in total. The summed E-state index contributed by atoms with van der Waals surface area (Å²) in [6, 6.07) is 9.90. The van der Waals surface area contributed by atoms with E-state index in [-0.39, 0.29) is 5.97 Å². The van der Waals surface area contributed by atoms with Gasteiger partial charge in [-0.25, -0.2) is 4.68 Å². The van der Waals surface area contributed by atoms with Gasteiger partial charge < -0.3 is 4.74 Å². The SMILES string of the molecule is CCOC(=O)CCN(Cc1c(C)nn(-c2ccccc2)c1Cl)CC1CC1. The summed E-state index contributed by atoms with van der Waals surface area (Å²) in [5.74, 6) is 0.594. The van der Waals surface area contributed by atoms with E-state index in [9.17, 15) is 4.79 Å². The Morgan fingerprint density at radius 3 is 2.73 bits per heavy atom. The summed E-state index contributed by atoms with van der Waals surface area (Å²) in [4.78, 5) is 14.0. The fraction of sp³-hybridized carbons (Fsp3) is 0.500. The summed E-state index contributed by atoms with van der Waals surface area (Å²) in [5.41, 5.74) is 2.91. The lowest BCUT2D eigenvalue weighted by Gasteiger charge is -2.21. The zero-order chi connectivity index (χ0) is 18.5. The maximum atomic E-state index is 11.7. The van der Waals surface area contributed by atoms with Crippen LogP contribution in [0.3, 0.4) is 0 Å². The van der Waals surface area contributed by atoms with Gasteiger partial charge >= 0.3 is 5.97 Å². The van der Waals surface area contributed by atoms with Crippen LogP contribution in [0.2, 0.25) is 5.15 Å². The number of nitrogens with zero attached hydrogens (tertiary/aromatic N) is 3. The van der Waals surface area contributed by atoms with Gasteiger partial charge in [-0.3, -0.25) is 9.69 Å². The van der Waals surface area contributed by atoms with Crippen molar-refractivity contribution in [3.63, 3.8) is 0 Å². The lowest BCUT2D eigenvalue weighted by atomic mass is 10.2. The molecule has 2 aromatic rings. The van der Waals surface area contributed by atoms with Gasteiger partial charge in [-0.05, 0) is 44.7 Å². The molecule has 0 atom stereocenters. The van der Waals surface area contributed by atoms with Crippen LogP contribution in [0.15, 0.2) is 30.3 Å². The number of hydrogen-bond donors (Lipinski definition) is 0. The number of ether oxygens (including phenoxy) is 1. The minimum Gasteiger partial charge on any atom is -0.466 e. The summed E-state index contributed by atoms with van der Waals surface area (Å²) in [6.07, 6.45) is 2.95. The van der Waals surface area contributed by atoms with Gasteiger partial charge in [-0.15, -0.1) is 0 Å². The van der Waals surface area contributed by atoms with E-state index in [1.807, 2.05) is 44.2 Å². The van der Waals surface area contributed by atoms with Crippen molar-refractivity contribution < 1.29 is 9.53 Å². The molecule has 1 fully saturated rings. The van der Waals surface area contributed by atoms with Gasteiger partial charge in [-0.2, -0.15) is 5.10 Å². The number of para-hydroxylation sites is 1. The molecule has 0 spiro atoms. The molecule has 0 aliphatic heterocycles. The lowest BCUT2D eigenvalue weighted by Crippen LogP contribution is -2.29. The Labute approximate surface area is 159 Å². The highest BCUT2D eigenvalue weighted by atomic mass is 35.5. The van der Waals surface area contributed by atoms with Crippen molar-refractivity contribution in [3.8, 4) is 5.69 Å². The molecular weight excluding hydrogens is 350 g/mol. The van der Waals surface area contributed by atoms with Crippen molar-refractivity contribution >= 4 is 17.6 Å². The summed E-state index contributed by atoms with van der Waals surface area (Å²) < 4.78 is 6.85. The van der Waals surface area contributed by atoms with E-state index < -0.39 is 0 Å². The van der Waals surface area contributed by atoms with E-state index in [1.54, 1.807) is 4.68 Å². The summed E-state index contributed by atoms with van der Waals surface area (Å²) >= 11 is 6.66. The van der Waals surface area contributed by atoms with Crippen molar-refractivity contribution in [3.05, 3.63) is 46.7 Å². The molecule has 1 aliphatic carbocycles. The normalized spacial score (nSPS) is 14.0. The van der Waals surface area contributed by atoms with Gasteiger partial charge in [0.05, 0.1) is 24.4 Å². The maximum Gasteiger partial charge on any atom is 0.307 e. The molecular formula is C20H26ClN3O2. The highest BCUT2D eigenvalue weighted by molar-refractivity contribution is 6.30. The first kappa shape index (κ1) is 18.9. The quantitative estimate of drug-likeness (QED) is 0.621. The van der Waals surface area contributed by atoms with Gasteiger partial charge in [0.2, 0.25) is 0 Å². The van der Waals surface area contributed by atoms with Crippen molar-refractivity contribution in [1.82, 2.24) is 14.7 Å². The fourth-order valence-electron chi connectivity index (χ4n) is 3.06. The largest absolute Gasteiger partial charge is 0.466 e. The summed E-state index contributed by atoms with van der Waals surface area (Å²) in [5, 5.41) is 5.26. The first-order valence-corrected chi connectivity index (χ1v) is 9.63. The Kier molecular flexibility index (Phi) is 6.33. The highest BCUT2D eigenvalue weighted by Crippen LogP contribution is 2.31. The number of halogens is 1. The van der Waals surface area contributed by atoms with E-state index in [0.717, 1.165) is 29.4 Å². The number of carbonyl (C=O) groups is 1. The second-order valence-corrected chi connectivity index (χ2v) is 7.19. The molecule has 1 aliphatic rings. The summed E-state index contributed by atoms with van der Waals surface area (Å²) in [6.45, 7) is 6.62. The zero-order valence-electron chi connectivity index (χ0n) is 15.4. The zero-order valence-corrected chi connectivity index (χ0v) is 16.2. The molecule has 0 saturated heterocycles. The summed E-state index contributed by atoms with van der Waals surface area (Å²) in [7, 11) is 0. The van der Waals surface area contributed by atoms with Crippen LogP contribution < -0.4 is 0 Å². The third kappa shape index (κ3) is 4.86. The number of carbonyl (C=O) groups excluding carboxylic acids is 1. The van der Waals surface area contributed by atoms with Gasteiger partial charge in [0.15, 0.2) is 0 Å². The Bertz CT molecular complexity index is 741. The predicted molar refractivity (Wildman–Crippen MR) is 103 cm³/mol. The number of esters is 1. The number of hydrogen-bond acceptors (Lipinski definition) is 4. The van der Waals surface area contributed by atoms with Crippen LogP contribution in [0.4, 0.5) is 0 Å². The van der Waals surface area contributed by atoms with Crippen LogP contribution in [0.1, 0.15) is 37.4 Å². The fourth-order valence-corrected chi connectivity index (χ4v) is 3.39. The molecule has 140 valence electrons. The van der Waals surface area contributed by atoms with Crippen LogP contribution in [-0.4, -0.2) is 40.3 Å². The molecule has 0 bridgehead atoms. The first-order valence-electron chi connectivity index (χ1n) is 9.26. The van der Waals surface area contributed by atoms with Gasteiger partial charge in [0.25, 0.3) is 0 Å². The molecule has 0 amide bonds. The predicted octanol–water partition coefficient (Wildman–Crippen LogP) is 4.00. The molecule has 26 heavy (non-hydrogen) atoms. The number of rotatable bonds is 9. The molecule has 0 unspecified atom stereocenters. The van der Waals surface area contributed by atoms with Crippen LogP contribution in [-0.2, 0) is 16.1 Å². The maximum absolute atomic E-state index is 11.7. The van der Waals surface area contributed by atoms with Crippen LogP contribution >= 0.6 is 11.6 Å². The third-order valence-electron chi connectivity index (χ3n) is 4.65. The molecule has 1 aromatic heterocycles. The second-order valence-electron chi connectivity index (χ2n) is 6.84. The van der Waals surface area contributed by atoms with E-state index >= 15 is 0 Å². The lowest BCUT2D eigenvalue weighted by molar-refractivity contribution is -0.143. The Morgan fingerprint density at radius 1 is 1.35 bits per heavy atom. The molecule has 0 radical (unpaired) electrons. The van der Waals surface area contributed by atoms with Crippen molar-refractivity contribution in [1.29, 1.82) is 0 Å². The molecule has 3 rings (SSSR count). The van der Waals surface area contributed by atoms with Crippen LogP contribution in [0, 0.1) is 12.8 Å². The van der Waals surface area contributed by atoms with Crippen molar-refractivity contribution in [2.24, 2.45) is 5.92 Å². The Morgan fingerprint density at radius 2 is 2.08 bits per heavy atom. The van der Waals surface area contributed by atoms with Gasteiger partial charge in [0, 0.05) is 25.2 Å². The molecule has 1 aromatic carbocycles.